The molecule has 108 valence electrons. The lowest BCUT2D eigenvalue weighted by Gasteiger charge is -2.08. The minimum Gasteiger partial charge on any atom is -0.478 e. The molecule has 6 heteroatoms. The van der Waals surface area contributed by atoms with Crippen molar-refractivity contribution in [3.8, 4) is 0 Å². The van der Waals surface area contributed by atoms with Crippen molar-refractivity contribution in [2.24, 2.45) is 5.73 Å². The van der Waals surface area contributed by atoms with Crippen LogP contribution in [0.15, 0.2) is 42.5 Å². The molecule has 1 amide bonds. The van der Waals surface area contributed by atoms with Crippen LogP contribution in [0.1, 0.15) is 26.3 Å². The summed E-state index contributed by atoms with van der Waals surface area (Å²) in [6.07, 6.45) is 0. The van der Waals surface area contributed by atoms with E-state index in [2.05, 4.69) is 5.32 Å². The Labute approximate surface area is 120 Å². The molecule has 0 fully saturated rings. The first kappa shape index (κ1) is 14.5. The summed E-state index contributed by atoms with van der Waals surface area (Å²) in [5.41, 5.74) is 6.44. The van der Waals surface area contributed by atoms with E-state index in [-0.39, 0.29) is 17.7 Å². The molecule has 0 aliphatic carbocycles. The number of hydrogen-bond acceptors (Lipinski definition) is 3. The second-order valence-corrected chi connectivity index (χ2v) is 4.41. The molecule has 0 atom stereocenters. The van der Waals surface area contributed by atoms with E-state index in [4.69, 9.17) is 10.8 Å². The predicted octanol–water partition coefficient (Wildman–Crippen LogP) is 2.23. The van der Waals surface area contributed by atoms with Crippen molar-refractivity contribution >= 4 is 17.6 Å². The van der Waals surface area contributed by atoms with Gasteiger partial charge in [-0.1, -0.05) is 0 Å². The average Bonchev–Trinajstić information content (AvgIpc) is 2.46. The summed E-state index contributed by atoms with van der Waals surface area (Å²) in [6.45, 7) is 0.128. The van der Waals surface area contributed by atoms with E-state index in [0.717, 1.165) is 6.07 Å². The van der Waals surface area contributed by atoms with Crippen LogP contribution in [0, 0.1) is 5.82 Å². The Bertz CT molecular complexity index is 684. The van der Waals surface area contributed by atoms with Crippen LogP contribution < -0.4 is 11.1 Å². The molecule has 2 aromatic rings. The molecule has 5 nitrogen and oxygen atoms in total. The standard InChI is InChI=1S/C15H13FN2O3/c16-13-6-3-10(15(20)21)7-11(13)8-18-12-4-1-9(2-5-12)14(17)19/h1-7,18H,8H2,(H2,17,19)(H,20,21). The Kier molecular flexibility index (Phi) is 4.18. The normalized spacial score (nSPS) is 10.1. The molecule has 21 heavy (non-hydrogen) atoms. The zero-order chi connectivity index (χ0) is 15.4. The molecule has 4 N–H and O–H groups in total. The highest BCUT2D eigenvalue weighted by Crippen LogP contribution is 2.15. The van der Waals surface area contributed by atoms with E-state index in [1.165, 1.54) is 12.1 Å². The third-order valence-electron chi connectivity index (χ3n) is 2.95. The van der Waals surface area contributed by atoms with Gasteiger partial charge in [0.25, 0.3) is 0 Å². The molecule has 2 rings (SSSR count). The Morgan fingerprint density at radius 3 is 2.29 bits per heavy atom. The van der Waals surface area contributed by atoms with Gasteiger partial charge in [-0.15, -0.1) is 0 Å². The summed E-state index contributed by atoms with van der Waals surface area (Å²) >= 11 is 0. The fourth-order valence-electron chi connectivity index (χ4n) is 1.79. The highest BCUT2D eigenvalue weighted by Gasteiger charge is 2.08. The number of amides is 1. The fraction of sp³-hybridized carbons (Fsp3) is 0.0667. The average molecular weight is 288 g/mol. The summed E-state index contributed by atoms with van der Waals surface area (Å²) in [5, 5.41) is 11.8. The van der Waals surface area contributed by atoms with Gasteiger partial charge < -0.3 is 16.2 Å². The molecule has 0 bridgehead atoms. The molecule has 0 radical (unpaired) electrons. The van der Waals surface area contributed by atoms with Gasteiger partial charge in [-0.25, -0.2) is 9.18 Å². The monoisotopic (exact) mass is 288 g/mol. The van der Waals surface area contributed by atoms with Gasteiger partial charge in [0.05, 0.1) is 5.56 Å². The van der Waals surface area contributed by atoms with E-state index >= 15 is 0 Å². The van der Waals surface area contributed by atoms with E-state index in [0.29, 0.717) is 11.3 Å². The van der Waals surface area contributed by atoms with E-state index < -0.39 is 17.7 Å². The van der Waals surface area contributed by atoms with Crippen molar-refractivity contribution in [2.75, 3.05) is 5.32 Å². The van der Waals surface area contributed by atoms with Crippen LogP contribution in [-0.4, -0.2) is 17.0 Å². The van der Waals surface area contributed by atoms with Crippen molar-refractivity contribution in [3.63, 3.8) is 0 Å². The summed E-state index contributed by atoms with van der Waals surface area (Å²) in [5.74, 6) is -2.12. The second-order valence-electron chi connectivity index (χ2n) is 4.41. The molecular weight excluding hydrogens is 275 g/mol. The van der Waals surface area contributed by atoms with Crippen LogP contribution in [-0.2, 0) is 6.54 Å². The number of nitrogens with one attached hydrogen (secondary N) is 1. The lowest BCUT2D eigenvalue weighted by atomic mass is 10.1. The Balaban J connectivity index is 2.10. The molecule has 2 aromatic carbocycles. The summed E-state index contributed by atoms with van der Waals surface area (Å²) in [6, 6.07) is 9.99. The SMILES string of the molecule is NC(=O)c1ccc(NCc2cc(C(=O)O)ccc2F)cc1. The molecule has 0 spiro atoms. The fourth-order valence-corrected chi connectivity index (χ4v) is 1.79. The maximum absolute atomic E-state index is 13.6. The van der Waals surface area contributed by atoms with E-state index in [1.807, 2.05) is 0 Å². The first-order chi connectivity index (χ1) is 9.97. The topological polar surface area (TPSA) is 92.4 Å². The summed E-state index contributed by atoms with van der Waals surface area (Å²) < 4.78 is 13.6. The van der Waals surface area contributed by atoms with Gasteiger partial charge in [0, 0.05) is 23.4 Å². The number of carbonyl (C=O) groups excluding carboxylic acids is 1. The van der Waals surface area contributed by atoms with Crippen molar-refractivity contribution in [1.82, 2.24) is 0 Å². The van der Waals surface area contributed by atoms with Gasteiger partial charge in [-0.2, -0.15) is 0 Å². The Hall–Kier alpha value is -2.89. The van der Waals surface area contributed by atoms with Gasteiger partial charge in [0.2, 0.25) is 5.91 Å². The number of primary amides is 1. The van der Waals surface area contributed by atoms with Crippen molar-refractivity contribution in [1.29, 1.82) is 0 Å². The zero-order valence-electron chi connectivity index (χ0n) is 11.0. The largest absolute Gasteiger partial charge is 0.478 e. The van der Waals surface area contributed by atoms with Crippen LogP contribution in [0.5, 0.6) is 0 Å². The Morgan fingerprint density at radius 2 is 1.71 bits per heavy atom. The molecule has 0 unspecified atom stereocenters. The smallest absolute Gasteiger partial charge is 0.335 e. The van der Waals surface area contributed by atoms with E-state index in [1.54, 1.807) is 24.3 Å². The van der Waals surface area contributed by atoms with Crippen LogP contribution in [0.4, 0.5) is 10.1 Å². The number of carboxylic acid groups (broad SMARTS) is 1. The highest BCUT2D eigenvalue weighted by atomic mass is 19.1. The number of anilines is 1. The maximum Gasteiger partial charge on any atom is 0.335 e. The number of hydrogen-bond donors (Lipinski definition) is 3. The maximum atomic E-state index is 13.6. The van der Waals surface area contributed by atoms with Crippen molar-refractivity contribution in [2.45, 2.75) is 6.54 Å². The van der Waals surface area contributed by atoms with Gasteiger partial charge in [-0.3, -0.25) is 4.79 Å². The molecule has 0 saturated heterocycles. The predicted molar refractivity (Wildman–Crippen MR) is 75.6 cm³/mol. The molecule has 0 aliphatic heterocycles. The van der Waals surface area contributed by atoms with Gasteiger partial charge >= 0.3 is 5.97 Å². The Morgan fingerprint density at radius 1 is 1.10 bits per heavy atom. The first-order valence-corrected chi connectivity index (χ1v) is 6.13. The van der Waals surface area contributed by atoms with Crippen molar-refractivity contribution < 1.29 is 19.1 Å². The van der Waals surface area contributed by atoms with Crippen molar-refractivity contribution in [3.05, 3.63) is 65.0 Å². The lowest BCUT2D eigenvalue weighted by Crippen LogP contribution is -2.10. The minimum atomic E-state index is -1.11. The van der Waals surface area contributed by atoms with Crippen LogP contribution >= 0.6 is 0 Å². The number of carboxylic acids is 1. The van der Waals surface area contributed by atoms with Gasteiger partial charge in [-0.05, 0) is 42.5 Å². The number of nitrogens with two attached hydrogens (primary N) is 1. The number of benzene rings is 2. The summed E-state index contributed by atoms with van der Waals surface area (Å²) in [4.78, 5) is 21.8. The highest BCUT2D eigenvalue weighted by molar-refractivity contribution is 5.93. The number of halogens is 1. The first-order valence-electron chi connectivity index (χ1n) is 6.13. The third-order valence-corrected chi connectivity index (χ3v) is 2.95. The molecular formula is C15H13FN2O3. The number of rotatable bonds is 5. The number of aromatic carboxylic acids is 1. The zero-order valence-corrected chi connectivity index (χ0v) is 11.0. The lowest BCUT2D eigenvalue weighted by molar-refractivity contribution is 0.0696. The number of carbonyl (C=O) groups is 2. The van der Waals surface area contributed by atoms with Crippen LogP contribution in [0.2, 0.25) is 0 Å². The second kappa shape index (κ2) is 6.04. The quantitative estimate of drug-likeness (QED) is 0.786. The third kappa shape index (κ3) is 3.56. The summed E-state index contributed by atoms with van der Waals surface area (Å²) in [7, 11) is 0. The van der Waals surface area contributed by atoms with Gasteiger partial charge in [0.1, 0.15) is 5.82 Å². The molecule has 0 heterocycles. The molecule has 0 saturated carbocycles. The van der Waals surface area contributed by atoms with E-state index in [9.17, 15) is 14.0 Å². The van der Waals surface area contributed by atoms with Gasteiger partial charge in [0.15, 0.2) is 0 Å². The molecule has 0 aliphatic rings. The van der Waals surface area contributed by atoms with Crippen LogP contribution in [0.3, 0.4) is 0 Å². The molecule has 0 aromatic heterocycles. The van der Waals surface area contributed by atoms with Crippen LogP contribution in [0.25, 0.3) is 0 Å². The minimum absolute atomic E-state index is 0.0253.